The largest absolute Gasteiger partial charge is 0.497 e. The zero-order valence-electron chi connectivity index (χ0n) is 11.1. The molecule has 96 valence electrons. The van der Waals surface area contributed by atoms with Gasteiger partial charge in [-0.2, -0.15) is 0 Å². The molecule has 0 saturated carbocycles. The van der Waals surface area contributed by atoms with Crippen LogP contribution in [0.25, 0.3) is 0 Å². The molecule has 0 aromatic heterocycles. The Kier molecular flexibility index (Phi) is 3.41. The first-order valence-corrected chi connectivity index (χ1v) is 6.13. The number of allylic oxidation sites excluding steroid dienone is 2. The van der Waals surface area contributed by atoms with Gasteiger partial charge in [0, 0.05) is 23.9 Å². The Bertz CT molecular complexity index is 489. The number of carbonyl (C=O) groups excluding carboxylic acids is 1. The molecule has 0 unspecified atom stereocenters. The molecule has 0 radical (unpaired) electrons. The second-order valence-corrected chi connectivity index (χ2v) is 5.46. The summed E-state index contributed by atoms with van der Waals surface area (Å²) in [6, 6.07) is 7.24. The number of carbonyl (C=O) groups is 1. The summed E-state index contributed by atoms with van der Waals surface area (Å²) in [6.07, 6.45) is 2.62. The third-order valence-electron chi connectivity index (χ3n) is 3.12. The van der Waals surface area contributed by atoms with E-state index in [0.717, 1.165) is 18.7 Å². The van der Waals surface area contributed by atoms with Crippen LogP contribution in [-0.2, 0) is 0 Å². The molecule has 0 atom stereocenters. The molecule has 1 aromatic carbocycles. The van der Waals surface area contributed by atoms with Crippen molar-refractivity contribution >= 4 is 5.78 Å². The highest BCUT2D eigenvalue weighted by atomic mass is 16.5. The summed E-state index contributed by atoms with van der Waals surface area (Å²) in [5, 5.41) is 3.29. The van der Waals surface area contributed by atoms with Crippen molar-refractivity contribution in [2.75, 3.05) is 13.7 Å². The highest BCUT2D eigenvalue weighted by Crippen LogP contribution is 2.29. The molecule has 0 aliphatic carbocycles. The van der Waals surface area contributed by atoms with E-state index in [-0.39, 0.29) is 11.2 Å². The minimum atomic E-state index is 0.0223. The lowest BCUT2D eigenvalue weighted by molar-refractivity contribution is 0.104. The van der Waals surface area contributed by atoms with Gasteiger partial charge in [0.05, 0.1) is 7.11 Å². The molecule has 3 heteroatoms. The Morgan fingerprint density at radius 3 is 2.83 bits per heavy atom. The standard InChI is InChI=1S/C15H19NO2/c1-15(2)9-12(16-10-15)8-14(17)11-5-4-6-13(7-11)18-3/h4-8,16H,9-10H2,1-3H3/b12-8-. The van der Waals surface area contributed by atoms with Gasteiger partial charge in [-0.3, -0.25) is 4.79 Å². The number of benzene rings is 1. The number of ketones is 1. The van der Waals surface area contributed by atoms with Crippen molar-refractivity contribution in [3.63, 3.8) is 0 Å². The van der Waals surface area contributed by atoms with Gasteiger partial charge in [0.1, 0.15) is 5.75 Å². The number of nitrogens with one attached hydrogen (secondary N) is 1. The molecule has 1 heterocycles. The molecule has 1 aliphatic rings. The zero-order valence-corrected chi connectivity index (χ0v) is 11.1. The Labute approximate surface area is 108 Å². The van der Waals surface area contributed by atoms with Gasteiger partial charge in [0.25, 0.3) is 0 Å². The van der Waals surface area contributed by atoms with Gasteiger partial charge in [-0.1, -0.05) is 26.0 Å². The Hall–Kier alpha value is -1.77. The third-order valence-corrected chi connectivity index (χ3v) is 3.12. The third kappa shape index (κ3) is 2.92. The fourth-order valence-electron chi connectivity index (χ4n) is 2.11. The second kappa shape index (κ2) is 4.84. The first-order valence-electron chi connectivity index (χ1n) is 6.13. The lowest BCUT2D eigenvalue weighted by atomic mass is 9.92. The normalized spacial score (nSPS) is 19.6. The molecule has 1 fully saturated rings. The van der Waals surface area contributed by atoms with Crippen LogP contribution in [0.15, 0.2) is 36.0 Å². The molecule has 1 aliphatic heterocycles. The van der Waals surface area contributed by atoms with E-state index >= 15 is 0 Å². The summed E-state index contributed by atoms with van der Waals surface area (Å²) < 4.78 is 5.12. The quantitative estimate of drug-likeness (QED) is 0.657. The maximum absolute atomic E-state index is 12.1. The number of ether oxygens (including phenoxy) is 1. The monoisotopic (exact) mass is 245 g/mol. The molecule has 0 spiro atoms. The summed E-state index contributed by atoms with van der Waals surface area (Å²) in [6.45, 7) is 5.30. The number of rotatable bonds is 3. The highest BCUT2D eigenvalue weighted by Gasteiger charge is 2.26. The summed E-state index contributed by atoms with van der Waals surface area (Å²) in [4.78, 5) is 12.1. The van der Waals surface area contributed by atoms with E-state index in [2.05, 4.69) is 19.2 Å². The van der Waals surface area contributed by atoms with Gasteiger partial charge < -0.3 is 10.1 Å². The average molecular weight is 245 g/mol. The Morgan fingerprint density at radius 2 is 2.22 bits per heavy atom. The fraction of sp³-hybridized carbons (Fsp3) is 0.400. The molecule has 3 nitrogen and oxygen atoms in total. The molecule has 0 amide bonds. The van der Waals surface area contributed by atoms with Crippen LogP contribution in [0.3, 0.4) is 0 Å². The molecule has 18 heavy (non-hydrogen) atoms. The van der Waals surface area contributed by atoms with E-state index in [9.17, 15) is 4.79 Å². The van der Waals surface area contributed by atoms with Gasteiger partial charge in [0.2, 0.25) is 0 Å². The maximum atomic E-state index is 12.1. The van der Waals surface area contributed by atoms with Crippen LogP contribution >= 0.6 is 0 Å². The summed E-state index contributed by atoms with van der Waals surface area (Å²) in [7, 11) is 1.60. The smallest absolute Gasteiger partial charge is 0.187 e. The first kappa shape index (κ1) is 12.7. The van der Waals surface area contributed by atoms with E-state index in [1.165, 1.54) is 0 Å². The molecular formula is C15H19NO2. The van der Waals surface area contributed by atoms with Crippen molar-refractivity contribution in [2.45, 2.75) is 20.3 Å². The van der Waals surface area contributed by atoms with Gasteiger partial charge in [-0.15, -0.1) is 0 Å². The van der Waals surface area contributed by atoms with Gasteiger partial charge in [-0.25, -0.2) is 0 Å². The van der Waals surface area contributed by atoms with Gasteiger partial charge in [0.15, 0.2) is 5.78 Å². The van der Waals surface area contributed by atoms with Crippen LogP contribution < -0.4 is 10.1 Å². The van der Waals surface area contributed by atoms with Crippen molar-refractivity contribution in [2.24, 2.45) is 5.41 Å². The molecule has 0 bridgehead atoms. The van der Waals surface area contributed by atoms with Crippen molar-refractivity contribution in [3.05, 3.63) is 41.6 Å². The van der Waals surface area contributed by atoms with E-state index in [0.29, 0.717) is 11.3 Å². The Morgan fingerprint density at radius 1 is 1.44 bits per heavy atom. The molecule has 1 aromatic rings. The van der Waals surface area contributed by atoms with Crippen LogP contribution in [0.5, 0.6) is 5.75 Å². The van der Waals surface area contributed by atoms with Gasteiger partial charge in [-0.05, 0) is 24.0 Å². The molecular weight excluding hydrogens is 226 g/mol. The van der Waals surface area contributed by atoms with Crippen molar-refractivity contribution < 1.29 is 9.53 Å². The fourth-order valence-corrected chi connectivity index (χ4v) is 2.11. The molecule has 1 N–H and O–H groups in total. The maximum Gasteiger partial charge on any atom is 0.187 e. The predicted octanol–water partition coefficient (Wildman–Crippen LogP) is 2.78. The minimum Gasteiger partial charge on any atom is -0.497 e. The zero-order chi connectivity index (χ0) is 13.2. The molecule has 2 rings (SSSR count). The summed E-state index contributed by atoms with van der Waals surface area (Å²) in [5.41, 5.74) is 1.92. The van der Waals surface area contributed by atoms with Crippen molar-refractivity contribution in [1.82, 2.24) is 5.32 Å². The lowest BCUT2D eigenvalue weighted by Gasteiger charge is -2.12. The van der Waals surface area contributed by atoms with Crippen LogP contribution in [0, 0.1) is 5.41 Å². The topological polar surface area (TPSA) is 38.3 Å². The van der Waals surface area contributed by atoms with E-state index in [1.807, 2.05) is 18.2 Å². The van der Waals surface area contributed by atoms with Crippen molar-refractivity contribution in [3.8, 4) is 5.75 Å². The second-order valence-electron chi connectivity index (χ2n) is 5.46. The number of hydrogen-bond acceptors (Lipinski definition) is 3. The van der Waals surface area contributed by atoms with E-state index in [4.69, 9.17) is 4.74 Å². The predicted molar refractivity (Wildman–Crippen MR) is 71.8 cm³/mol. The Balaban J connectivity index is 2.15. The first-order chi connectivity index (χ1) is 8.50. The van der Waals surface area contributed by atoms with Crippen LogP contribution in [0.2, 0.25) is 0 Å². The molecule has 1 saturated heterocycles. The van der Waals surface area contributed by atoms with E-state index < -0.39 is 0 Å². The van der Waals surface area contributed by atoms with Crippen molar-refractivity contribution in [1.29, 1.82) is 0 Å². The highest BCUT2D eigenvalue weighted by molar-refractivity contribution is 6.05. The van der Waals surface area contributed by atoms with Crippen LogP contribution in [0.1, 0.15) is 30.6 Å². The SMILES string of the molecule is COc1cccc(C(=O)/C=C2/CC(C)(C)CN2)c1. The van der Waals surface area contributed by atoms with Crippen LogP contribution in [-0.4, -0.2) is 19.4 Å². The average Bonchev–Trinajstić information content (AvgIpc) is 2.68. The van der Waals surface area contributed by atoms with E-state index in [1.54, 1.807) is 19.3 Å². The summed E-state index contributed by atoms with van der Waals surface area (Å²) >= 11 is 0. The van der Waals surface area contributed by atoms with Crippen LogP contribution in [0.4, 0.5) is 0 Å². The minimum absolute atomic E-state index is 0.0223. The summed E-state index contributed by atoms with van der Waals surface area (Å²) in [5.74, 6) is 0.730. The van der Waals surface area contributed by atoms with Gasteiger partial charge >= 0.3 is 0 Å². The lowest BCUT2D eigenvalue weighted by Crippen LogP contribution is -2.15. The number of methoxy groups -OCH3 is 1. The number of hydrogen-bond donors (Lipinski definition) is 1.